The van der Waals surface area contributed by atoms with Crippen LogP contribution in [0.2, 0.25) is 0 Å². The van der Waals surface area contributed by atoms with Gasteiger partial charge in [-0.3, -0.25) is 0 Å². The minimum absolute atomic E-state index is 0.347. The quantitative estimate of drug-likeness (QED) is 0.579. The highest BCUT2D eigenvalue weighted by atomic mass is 19.1. The van der Waals surface area contributed by atoms with Crippen molar-refractivity contribution in [1.29, 1.82) is 0 Å². The van der Waals surface area contributed by atoms with E-state index in [2.05, 4.69) is 0 Å². The van der Waals surface area contributed by atoms with Gasteiger partial charge >= 0.3 is 0 Å². The lowest BCUT2D eigenvalue weighted by Crippen LogP contribution is -1.86. The Bertz CT molecular complexity index is 453. The second-order valence-electron chi connectivity index (χ2n) is 3.03. The van der Waals surface area contributed by atoms with E-state index in [4.69, 9.17) is 0 Å². The van der Waals surface area contributed by atoms with Crippen LogP contribution >= 0.6 is 0 Å². The van der Waals surface area contributed by atoms with Crippen molar-refractivity contribution in [3.05, 3.63) is 47.5 Å². The molecule has 0 saturated carbocycles. The molecule has 0 aromatic heterocycles. The summed E-state index contributed by atoms with van der Waals surface area (Å²) in [6, 6.07) is 7.38. The van der Waals surface area contributed by atoms with Crippen LogP contribution in [0.4, 0.5) is 8.78 Å². The van der Waals surface area contributed by atoms with Crippen molar-refractivity contribution in [2.45, 2.75) is 6.92 Å². The third-order valence-corrected chi connectivity index (χ3v) is 2.14. The molecule has 0 N–H and O–H groups in total. The second kappa shape index (κ2) is 2.80. The van der Waals surface area contributed by atoms with E-state index in [-0.39, 0.29) is 11.6 Å². The summed E-state index contributed by atoms with van der Waals surface area (Å²) in [4.78, 5) is 0. The zero-order valence-electron chi connectivity index (χ0n) is 7.14. The first kappa shape index (κ1) is 8.17. The van der Waals surface area contributed by atoms with Crippen LogP contribution < -0.4 is 0 Å². The molecule has 0 fully saturated rings. The van der Waals surface area contributed by atoms with Crippen LogP contribution in [0.15, 0.2) is 30.3 Å². The lowest BCUT2D eigenvalue weighted by Gasteiger charge is -2.03. The predicted octanol–water partition coefficient (Wildman–Crippen LogP) is 3.43. The summed E-state index contributed by atoms with van der Waals surface area (Å²) in [5.41, 5.74) is 0.759. The van der Waals surface area contributed by atoms with Gasteiger partial charge in [0, 0.05) is 10.8 Å². The molecule has 0 aliphatic heterocycles. The van der Waals surface area contributed by atoms with Crippen molar-refractivity contribution < 1.29 is 8.78 Å². The Morgan fingerprint density at radius 1 is 0.923 bits per heavy atom. The molecule has 0 saturated heterocycles. The largest absolute Gasteiger partial charge is 0.206 e. The summed E-state index contributed by atoms with van der Waals surface area (Å²) in [6.45, 7) is 1.77. The summed E-state index contributed by atoms with van der Waals surface area (Å²) >= 11 is 0. The molecule has 13 heavy (non-hydrogen) atoms. The summed E-state index contributed by atoms with van der Waals surface area (Å²) in [5.74, 6) is -0.741. The Morgan fingerprint density at radius 3 is 2.38 bits per heavy atom. The lowest BCUT2D eigenvalue weighted by molar-refractivity contribution is 0.628. The zero-order chi connectivity index (χ0) is 9.42. The fourth-order valence-electron chi connectivity index (χ4n) is 1.50. The number of hydrogen-bond acceptors (Lipinski definition) is 0. The lowest BCUT2D eigenvalue weighted by atomic mass is 10.0. The van der Waals surface area contributed by atoms with Gasteiger partial charge in [-0.1, -0.05) is 18.2 Å². The Labute approximate surface area is 74.8 Å². The molecule has 0 bridgehead atoms. The van der Waals surface area contributed by atoms with E-state index < -0.39 is 0 Å². The van der Waals surface area contributed by atoms with E-state index in [0.717, 1.165) is 5.56 Å². The molecule has 0 spiro atoms. The summed E-state index contributed by atoms with van der Waals surface area (Å²) < 4.78 is 26.4. The third-order valence-electron chi connectivity index (χ3n) is 2.14. The summed E-state index contributed by atoms with van der Waals surface area (Å²) in [7, 11) is 0. The Morgan fingerprint density at radius 2 is 1.69 bits per heavy atom. The highest BCUT2D eigenvalue weighted by Gasteiger charge is 2.06. The van der Waals surface area contributed by atoms with Crippen molar-refractivity contribution in [1.82, 2.24) is 0 Å². The SMILES string of the molecule is Cc1ccc(F)c2cccc(F)c12. The van der Waals surface area contributed by atoms with Crippen molar-refractivity contribution in [3.63, 3.8) is 0 Å². The van der Waals surface area contributed by atoms with Gasteiger partial charge in [0.15, 0.2) is 0 Å². The molecule has 0 aliphatic rings. The van der Waals surface area contributed by atoms with Crippen molar-refractivity contribution in [2.75, 3.05) is 0 Å². The van der Waals surface area contributed by atoms with Crippen molar-refractivity contribution in [2.24, 2.45) is 0 Å². The van der Waals surface area contributed by atoms with Gasteiger partial charge in [-0.25, -0.2) is 8.78 Å². The molecule has 2 aromatic carbocycles. The van der Waals surface area contributed by atoms with Crippen LogP contribution in [0, 0.1) is 18.6 Å². The fourth-order valence-corrected chi connectivity index (χ4v) is 1.50. The van der Waals surface area contributed by atoms with E-state index in [1.165, 1.54) is 18.2 Å². The Hall–Kier alpha value is -1.44. The minimum Gasteiger partial charge on any atom is -0.206 e. The topological polar surface area (TPSA) is 0 Å². The van der Waals surface area contributed by atoms with E-state index >= 15 is 0 Å². The van der Waals surface area contributed by atoms with E-state index in [9.17, 15) is 8.78 Å². The highest BCUT2D eigenvalue weighted by molar-refractivity contribution is 5.86. The number of rotatable bonds is 0. The molecule has 0 aliphatic carbocycles. The minimum atomic E-state index is -0.375. The number of hydrogen-bond donors (Lipinski definition) is 0. The monoisotopic (exact) mass is 178 g/mol. The molecule has 0 unspecified atom stereocenters. The Kier molecular flexibility index (Phi) is 1.76. The number of halogens is 2. The van der Waals surface area contributed by atoms with Gasteiger partial charge in [0.05, 0.1) is 0 Å². The normalized spacial score (nSPS) is 10.7. The van der Waals surface area contributed by atoms with Gasteiger partial charge in [0.25, 0.3) is 0 Å². The Balaban J connectivity index is 3.00. The van der Waals surface area contributed by atoms with Gasteiger partial charge in [-0.05, 0) is 24.6 Å². The van der Waals surface area contributed by atoms with Crippen LogP contribution in [-0.4, -0.2) is 0 Å². The first-order chi connectivity index (χ1) is 6.20. The van der Waals surface area contributed by atoms with Crippen LogP contribution in [0.3, 0.4) is 0 Å². The van der Waals surface area contributed by atoms with Crippen LogP contribution in [-0.2, 0) is 0 Å². The van der Waals surface area contributed by atoms with Gasteiger partial charge in [-0.15, -0.1) is 0 Å². The molecule has 66 valence electrons. The molecule has 2 rings (SSSR count). The highest BCUT2D eigenvalue weighted by Crippen LogP contribution is 2.23. The number of aryl methyl sites for hydroxylation is 1. The van der Waals surface area contributed by atoms with Crippen molar-refractivity contribution >= 4 is 10.8 Å². The molecule has 0 atom stereocenters. The molecule has 2 aromatic rings. The first-order valence-corrected chi connectivity index (χ1v) is 4.03. The van der Waals surface area contributed by atoms with E-state index in [0.29, 0.717) is 10.8 Å². The van der Waals surface area contributed by atoms with Gasteiger partial charge in [0.1, 0.15) is 11.6 Å². The molecule has 0 heterocycles. The molecular weight excluding hydrogens is 170 g/mol. The maximum atomic E-state index is 13.3. The average Bonchev–Trinajstić information content (AvgIpc) is 2.12. The molecule has 0 amide bonds. The molecule has 2 heteroatoms. The van der Waals surface area contributed by atoms with E-state index in [1.807, 2.05) is 0 Å². The smallest absolute Gasteiger partial charge is 0.131 e. The standard InChI is InChI=1S/C11H8F2/c1-7-5-6-9(12)8-3-2-4-10(13)11(7)8/h2-6H,1H3. The maximum Gasteiger partial charge on any atom is 0.131 e. The van der Waals surface area contributed by atoms with Gasteiger partial charge in [-0.2, -0.15) is 0 Å². The molecule has 0 nitrogen and oxygen atoms in total. The molecule has 0 radical (unpaired) electrons. The van der Waals surface area contributed by atoms with Crippen LogP contribution in [0.1, 0.15) is 5.56 Å². The number of benzene rings is 2. The third kappa shape index (κ3) is 1.18. The predicted molar refractivity (Wildman–Crippen MR) is 48.6 cm³/mol. The van der Waals surface area contributed by atoms with Crippen LogP contribution in [0.5, 0.6) is 0 Å². The van der Waals surface area contributed by atoms with E-state index in [1.54, 1.807) is 19.1 Å². The van der Waals surface area contributed by atoms with Crippen molar-refractivity contribution in [3.8, 4) is 0 Å². The summed E-state index contributed by atoms with van der Waals surface area (Å²) in [6.07, 6.45) is 0. The summed E-state index contributed by atoms with van der Waals surface area (Å²) in [5, 5.41) is 0.725. The second-order valence-corrected chi connectivity index (χ2v) is 3.03. The zero-order valence-corrected chi connectivity index (χ0v) is 7.14. The first-order valence-electron chi connectivity index (χ1n) is 4.03. The number of fused-ring (bicyclic) bond motifs is 1. The van der Waals surface area contributed by atoms with Gasteiger partial charge < -0.3 is 0 Å². The average molecular weight is 178 g/mol. The fraction of sp³-hybridized carbons (Fsp3) is 0.0909. The molecular formula is C11H8F2. The maximum absolute atomic E-state index is 13.3. The van der Waals surface area contributed by atoms with Gasteiger partial charge in [0.2, 0.25) is 0 Å². The van der Waals surface area contributed by atoms with Crippen LogP contribution in [0.25, 0.3) is 10.8 Å².